The molecule has 0 spiro atoms. The number of fused-ring (bicyclic) bond motifs is 1. The van der Waals surface area contributed by atoms with E-state index in [4.69, 9.17) is 9.68 Å². The van der Waals surface area contributed by atoms with E-state index in [2.05, 4.69) is 11.4 Å². The summed E-state index contributed by atoms with van der Waals surface area (Å²) < 4.78 is 5.60. The van der Waals surface area contributed by atoms with Gasteiger partial charge in [0.15, 0.2) is 0 Å². The van der Waals surface area contributed by atoms with E-state index in [1.165, 1.54) is 0 Å². The maximum absolute atomic E-state index is 8.36. The number of nitrogens with one attached hydrogen (secondary N) is 1. The molecular weight excluding hydrogens is 188 g/mol. The first-order valence-electron chi connectivity index (χ1n) is 4.95. The Morgan fingerprint density at radius 1 is 1.33 bits per heavy atom. The number of furan rings is 1. The third-order valence-corrected chi connectivity index (χ3v) is 2.19. The molecule has 0 amide bonds. The monoisotopic (exact) mass is 200 g/mol. The maximum atomic E-state index is 8.36. The number of nitriles is 1. The Morgan fingerprint density at radius 3 is 3.00 bits per heavy atom. The number of nitrogens with zero attached hydrogens (tertiary/aromatic N) is 1. The van der Waals surface area contributed by atoms with Crippen molar-refractivity contribution < 1.29 is 4.42 Å². The lowest BCUT2D eigenvalue weighted by atomic mass is 10.2. The Bertz CT molecular complexity index is 449. The van der Waals surface area contributed by atoms with E-state index in [-0.39, 0.29) is 0 Å². The van der Waals surface area contributed by atoms with E-state index in [0.717, 1.165) is 16.7 Å². The van der Waals surface area contributed by atoms with Crippen molar-refractivity contribution in [1.29, 1.82) is 5.26 Å². The number of rotatable bonds is 4. The van der Waals surface area contributed by atoms with Gasteiger partial charge in [-0.25, -0.2) is 0 Å². The van der Waals surface area contributed by atoms with Gasteiger partial charge in [0.05, 0.1) is 12.6 Å². The van der Waals surface area contributed by atoms with Gasteiger partial charge in [0.2, 0.25) is 0 Å². The first-order chi connectivity index (χ1) is 7.40. The number of benzene rings is 1. The summed E-state index contributed by atoms with van der Waals surface area (Å²) >= 11 is 0. The van der Waals surface area contributed by atoms with Crippen LogP contribution in [0.5, 0.6) is 0 Å². The fraction of sp³-hybridized carbons (Fsp3) is 0.250. The van der Waals surface area contributed by atoms with Crippen molar-refractivity contribution in [3.8, 4) is 6.07 Å². The van der Waals surface area contributed by atoms with Gasteiger partial charge in [-0.05, 0) is 12.1 Å². The molecule has 0 aliphatic carbocycles. The summed E-state index contributed by atoms with van der Waals surface area (Å²) in [5.41, 5.74) is 0.912. The standard InChI is InChI=1S/C12H12N2O/c13-6-3-7-14-9-11-8-10-4-1-2-5-12(10)15-11/h1-2,4-5,8,14H,3,7,9H2. The lowest BCUT2D eigenvalue weighted by Crippen LogP contribution is -2.13. The highest BCUT2D eigenvalue weighted by atomic mass is 16.3. The second-order valence-electron chi connectivity index (χ2n) is 3.34. The van der Waals surface area contributed by atoms with Crippen molar-refractivity contribution in [2.24, 2.45) is 0 Å². The Hall–Kier alpha value is -1.79. The van der Waals surface area contributed by atoms with Crippen molar-refractivity contribution in [3.05, 3.63) is 36.1 Å². The molecule has 0 unspecified atom stereocenters. The molecule has 0 aliphatic heterocycles. The summed E-state index contributed by atoms with van der Waals surface area (Å²) in [5, 5.41) is 12.6. The first kappa shape index (κ1) is 9.75. The van der Waals surface area contributed by atoms with Crippen molar-refractivity contribution in [2.45, 2.75) is 13.0 Å². The smallest absolute Gasteiger partial charge is 0.134 e. The molecule has 0 bridgehead atoms. The Kier molecular flexibility index (Phi) is 3.01. The van der Waals surface area contributed by atoms with Gasteiger partial charge in [-0.1, -0.05) is 18.2 Å². The minimum absolute atomic E-state index is 0.528. The average Bonchev–Trinajstić information content (AvgIpc) is 2.67. The third kappa shape index (κ3) is 2.36. The quantitative estimate of drug-likeness (QED) is 0.771. The second kappa shape index (κ2) is 4.63. The van der Waals surface area contributed by atoms with Gasteiger partial charge in [0.25, 0.3) is 0 Å². The van der Waals surface area contributed by atoms with Crippen molar-refractivity contribution in [2.75, 3.05) is 6.54 Å². The lowest BCUT2D eigenvalue weighted by molar-refractivity contribution is 0.516. The highest BCUT2D eigenvalue weighted by Gasteiger charge is 2.01. The van der Waals surface area contributed by atoms with Crippen LogP contribution in [0.1, 0.15) is 12.2 Å². The highest BCUT2D eigenvalue weighted by molar-refractivity contribution is 5.77. The van der Waals surface area contributed by atoms with Gasteiger partial charge >= 0.3 is 0 Å². The molecule has 1 N–H and O–H groups in total. The van der Waals surface area contributed by atoms with E-state index >= 15 is 0 Å². The van der Waals surface area contributed by atoms with Crippen molar-refractivity contribution in [3.63, 3.8) is 0 Å². The Balaban J connectivity index is 2.00. The van der Waals surface area contributed by atoms with Crippen LogP contribution in [0.2, 0.25) is 0 Å². The molecule has 0 saturated carbocycles. The van der Waals surface area contributed by atoms with Crippen LogP contribution in [0.25, 0.3) is 11.0 Å². The molecule has 3 heteroatoms. The van der Waals surface area contributed by atoms with Crippen LogP contribution in [-0.2, 0) is 6.54 Å². The van der Waals surface area contributed by atoms with Gasteiger partial charge in [-0.3, -0.25) is 0 Å². The number of para-hydroxylation sites is 1. The largest absolute Gasteiger partial charge is 0.460 e. The zero-order valence-electron chi connectivity index (χ0n) is 8.36. The fourth-order valence-corrected chi connectivity index (χ4v) is 1.48. The lowest BCUT2D eigenvalue weighted by Gasteiger charge is -1.96. The van der Waals surface area contributed by atoms with Crippen LogP contribution in [0, 0.1) is 11.3 Å². The predicted molar refractivity (Wildman–Crippen MR) is 58.2 cm³/mol. The van der Waals surface area contributed by atoms with Crippen LogP contribution >= 0.6 is 0 Å². The number of hydrogen-bond acceptors (Lipinski definition) is 3. The summed E-state index contributed by atoms with van der Waals surface area (Å²) in [6, 6.07) is 12.0. The first-order valence-corrected chi connectivity index (χ1v) is 4.95. The van der Waals surface area contributed by atoms with E-state index in [1.807, 2.05) is 30.3 Å². The summed E-state index contributed by atoms with van der Waals surface area (Å²) in [6.45, 7) is 1.38. The predicted octanol–water partition coefficient (Wildman–Crippen LogP) is 2.44. The molecule has 2 rings (SSSR count). The molecule has 1 aromatic carbocycles. The van der Waals surface area contributed by atoms with Gasteiger partial charge in [-0.15, -0.1) is 0 Å². The van der Waals surface area contributed by atoms with E-state index < -0.39 is 0 Å². The SMILES string of the molecule is N#CCCNCc1cc2ccccc2o1. The van der Waals surface area contributed by atoms with E-state index in [9.17, 15) is 0 Å². The molecule has 2 aromatic rings. The molecule has 0 saturated heterocycles. The topological polar surface area (TPSA) is 49.0 Å². The van der Waals surface area contributed by atoms with Crippen LogP contribution in [0.15, 0.2) is 34.7 Å². The van der Waals surface area contributed by atoms with Gasteiger partial charge in [-0.2, -0.15) is 5.26 Å². The van der Waals surface area contributed by atoms with Crippen LogP contribution in [-0.4, -0.2) is 6.54 Å². The molecule has 0 atom stereocenters. The molecule has 1 aromatic heterocycles. The fourth-order valence-electron chi connectivity index (χ4n) is 1.48. The third-order valence-electron chi connectivity index (χ3n) is 2.19. The molecule has 0 fully saturated rings. The zero-order valence-corrected chi connectivity index (χ0v) is 8.36. The maximum Gasteiger partial charge on any atom is 0.134 e. The van der Waals surface area contributed by atoms with Gasteiger partial charge < -0.3 is 9.73 Å². The van der Waals surface area contributed by atoms with E-state index in [1.54, 1.807) is 0 Å². The van der Waals surface area contributed by atoms with Crippen LogP contribution in [0.4, 0.5) is 0 Å². The summed E-state index contributed by atoms with van der Waals surface area (Å²) in [6.07, 6.45) is 0.528. The Labute approximate surface area is 88.3 Å². The summed E-state index contributed by atoms with van der Waals surface area (Å²) in [7, 11) is 0. The summed E-state index contributed by atoms with van der Waals surface area (Å²) in [4.78, 5) is 0. The minimum Gasteiger partial charge on any atom is -0.460 e. The average molecular weight is 200 g/mol. The normalized spacial score (nSPS) is 10.3. The molecular formula is C12H12N2O. The van der Waals surface area contributed by atoms with Crippen LogP contribution in [0.3, 0.4) is 0 Å². The minimum atomic E-state index is 0.528. The second-order valence-corrected chi connectivity index (χ2v) is 3.34. The van der Waals surface area contributed by atoms with Gasteiger partial charge in [0, 0.05) is 18.4 Å². The molecule has 15 heavy (non-hydrogen) atoms. The zero-order chi connectivity index (χ0) is 10.5. The summed E-state index contributed by atoms with van der Waals surface area (Å²) in [5.74, 6) is 0.911. The van der Waals surface area contributed by atoms with Gasteiger partial charge in [0.1, 0.15) is 11.3 Å². The van der Waals surface area contributed by atoms with Crippen molar-refractivity contribution in [1.82, 2.24) is 5.32 Å². The molecule has 76 valence electrons. The molecule has 3 nitrogen and oxygen atoms in total. The van der Waals surface area contributed by atoms with Crippen molar-refractivity contribution >= 4 is 11.0 Å². The number of hydrogen-bond donors (Lipinski definition) is 1. The Morgan fingerprint density at radius 2 is 2.20 bits per heavy atom. The molecule has 1 heterocycles. The highest BCUT2D eigenvalue weighted by Crippen LogP contribution is 2.18. The van der Waals surface area contributed by atoms with E-state index in [0.29, 0.717) is 19.5 Å². The molecule has 0 radical (unpaired) electrons. The molecule has 0 aliphatic rings. The van der Waals surface area contributed by atoms with Crippen LogP contribution < -0.4 is 5.32 Å².